The molecule has 2 nitrogen and oxygen atoms in total. The first kappa shape index (κ1) is 12.7. The summed E-state index contributed by atoms with van der Waals surface area (Å²) in [5, 5.41) is 8.88. The Kier molecular flexibility index (Phi) is 5.32. The second-order valence-electron chi connectivity index (χ2n) is 3.31. The fourth-order valence-electron chi connectivity index (χ4n) is 0.837. The summed E-state index contributed by atoms with van der Waals surface area (Å²) in [6, 6.07) is 0. The van der Waals surface area contributed by atoms with Gasteiger partial charge < -0.3 is 10.0 Å². The molecular weight excluding hydrogens is 183 g/mol. The van der Waals surface area contributed by atoms with E-state index in [0.717, 1.165) is 0 Å². The molecule has 0 saturated heterocycles. The molecule has 13 heavy (non-hydrogen) atoms. The van der Waals surface area contributed by atoms with Crippen molar-refractivity contribution in [2.75, 3.05) is 20.1 Å². The Morgan fingerprint density at radius 1 is 1.31 bits per heavy atom. The van der Waals surface area contributed by atoms with Crippen molar-refractivity contribution in [3.05, 3.63) is 0 Å². The van der Waals surface area contributed by atoms with Crippen LogP contribution in [-0.2, 0) is 0 Å². The predicted octanol–water partition coefficient (Wildman–Crippen LogP) is 1.64. The summed E-state index contributed by atoms with van der Waals surface area (Å²) in [5.74, 6) is 0. The largest absolute Gasteiger partial charge is 0.393 e. The summed E-state index contributed by atoms with van der Waals surface area (Å²) in [6.45, 7) is 2.11. The van der Waals surface area contributed by atoms with Crippen LogP contribution in [0.1, 0.15) is 19.8 Å². The summed E-state index contributed by atoms with van der Waals surface area (Å²) in [5.41, 5.74) is 0. The molecule has 0 radical (unpaired) electrons. The number of nitrogens with zero attached hydrogens (tertiary/aromatic N) is 1. The van der Waals surface area contributed by atoms with Gasteiger partial charge in [0.05, 0.1) is 12.5 Å². The molecule has 0 fully saturated rings. The third-order valence-corrected chi connectivity index (χ3v) is 1.71. The van der Waals surface area contributed by atoms with Crippen LogP contribution in [-0.4, -0.2) is 42.4 Å². The Balaban J connectivity index is 3.46. The van der Waals surface area contributed by atoms with E-state index in [2.05, 4.69) is 0 Å². The van der Waals surface area contributed by atoms with Crippen molar-refractivity contribution >= 4 is 0 Å². The highest BCUT2D eigenvalue weighted by molar-refractivity contribution is 4.58. The lowest BCUT2D eigenvalue weighted by molar-refractivity contribution is -0.137. The smallest absolute Gasteiger partial charge is 0.390 e. The van der Waals surface area contributed by atoms with Gasteiger partial charge in [-0.25, -0.2) is 0 Å². The lowest BCUT2D eigenvalue weighted by Crippen LogP contribution is -2.27. The predicted molar refractivity (Wildman–Crippen MR) is 44.5 cm³/mol. The van der Waals surface area contributed by atoms with E-state index in [1.807, 2.05) is 0 Å². The van der Waals surface area contributed by atoms with Gasteiger partial charge in [0.15, 0.2) is 0 Å². The minimum Gasteiger partial charge on any atom is -0.393 e. The Bertz CT molecular complexity index is 136. The highest BCUT2D eigenvalue weighted by Gasteiger charge is 2.26. The highest BCUT2D eigenvalue weighted by atomic mass is 19.4. The zero-order chi connectivity index (χ0) is 10.5. The van der Waals surface area contributed by atoms with Crippen molar-refractivity contribution in [2.45, 2.75) is 32.0 Å². The van der Waals surface area contributed by atoms with Crippen molar-refractivity contribution in [1.82, 2.24) is 4.90 Å². The molecule has 0 aliphatic heterocycles. The van der Waals surface area contributed by atoms with Crippen molar-refractivity contribution in [2.24, 2.45) is 0 Å². The van der Waals surface area contributed by atoms with E-state index in [9.17, 15) is 13.2 Å². The van der Waals surface area contributed by atoms with Gasteiger partial charge in [0.2, 0.25) is 0 Å². The summed E-state index contributed by atoms with van der Waals surface area (Å²) < 4.78 is 35.2. The van der Waals surface area contributed by atoms with Gasteiger partial charge in [-0.05, 0) is 20.4 Å². The van der Waals surface area contributed by atoms with Crippen LogP contribution >= 0.6 is 0 Å². The van der Waals surface area contributed by atoms with Crippen molar-refractivity contribution in [3.63, 3.8) is 0 Å². The number of rotatable bonds is 5. The summed E-state index contributed by atoms with van der Waals surface area (Å²) in [4.78, 5) is 1.57. The monoisotopic (exact) mass is 199 g/mol. The first-order chi connectivity index (χ1) is 5.81. The quantitative estimate of drug-likeness (QED) is 0.727. The van der Waals surface area contributed by atoms with Gasteiger partial charge in [0.1, 0.15) is 0 Å². The molecule has 1 unspecified atom stereocenters. The number of alkyl halides is 3. The van der Waals surface area contributed by atoms with E-state index in [0.29, 0.717) is 13.0 Å². The van der Waals surface area contributed by atoms with Crippen molar-refractivity contribution in [3.8, 4) is 0 Å². The van der Waals surface area contributed by atoms with Crippen LogP contribution < -0.4 is 0 Å². The number of halogens is 3. The molecule has 0 aromatic rings. The molecule has 0 saturated carbocycles. The molecule has 0 spiro atoms. The molecule has 0 aliphatic carbocycles. The van der Waals surface area contributed by atoms with Gasteiger partial charge in [0.25, 0.3) is 0 Å². The number of hydrogen-bond acceptors (Lipinski definition) is 2. The normalized spacial score (nSPS) is 15.0. The maximum Gasteiger partial charge on any atom is 0.390 e. The maximum atomic E-state index is 11.7. The summed E-state index contributed by atoms with van der Waals surface area (Å²) in [6.07, 6.45) is -4.81. The van der Waals surface area contributed by atoms with Crippen LogP contribution in [0.2, 0.25) is 0 Å². The van der Waals surface area contributed by atoms with Crippen LogP contribution in [0.5, 0.6) is 0 Å². The minimum absolute atomic E-state index is 0.00375. The van der Waals surface area contributed by atoms with Gasteiger partial charge in [-0.1, -0.05) is 0 Å². The Morgan fingerprint density at radius 3 is 2.23 bits per heavy atom. The SMILES string of the molecule is CC(O)CCN(C)CCC(F)(F)F. The van der Waals surface area contributed by atoms with E-state index in [1.54, 1.807) is 18.9 Å². The molecule has 0 aromatic heterocycles. The zero-order valence-corrected chi connectivity index (χ0v) is 7.93. The van der Waals surface area contributed by atoms with Crippen molar-refractivity contribution < 1.29 is 18.3 Å². The lowest BCUT2D eigenvalue weighted by Gasteiger charge is -2.18. The number of hydrogen-bond donors (Lipinski definition) is 1. The molecule has 0 aromatic carbocycles. The number of aliphatic hydroxyl groups excluding tert-OH is 1. The summed E-state index contributed by atoms with van der Waals surface area (Å²) >= 11 is 0. The molecule has 1 atom stereocenters. The first-order valence-corrected chi connectivity index (χ1v) is 4.24. The van der Waals surface area contributed by atoms with E-state index >= 15 is 0 Å². The molecule has 80 valence electrons. The molecule has 5 heteroatoms. The minimum atomic E-state index is -4.08. The fraction of sp³-hybridized carbons (Fsp3) is 1.00. The second-order valence-corrected chi connectivity index (χ2v) is 3.31. The topological polar surface area (TPSA) is 23.5 Å². The molecule has 1 N–H and O–H groups in total. The third-order valence-electron chi connectivity index (χ3n) is 1.71. The molecule has 0 bridgehead atoms. The standard InChI is InChI=1S/C8H16F3NO/c1-7(13)3-5-12(2)6-4-8(9,10)11/h7,13H,3-6H2,1-2H3. The van der Waals surface area contributed by atoms with E-state index in [4.69, 9.17) is 5.11 Å². The van der Waals surface area contributed by atoms with E-state index in [-0.39, 0.29) is 6.54 Å². The van der Waals surface area contributed by atoms with Gasteiger partial charge in [-0.3, -0.25) is 0 Å². The molecule has 0 aliphatic rings. The van der Waals surface area contributed by atoms with E-state index < -0.39 is 18.7 Å². The first-order valence-electron chi connectivity index (χ1n) is 4.24. The Hall–Kier alpha value is -0.290. The van der Waals surface area contributed by atoms with Gasteiger partial charge in [-0.2, -0.15) is 13.2 Å². The van der Waals surface area contributed by atoms with Crippen LogP contribution in [0, 0.1) is 0 Å². The average molecular weight is 199 g/mol. The molecule has 0 amide bonds. The number of aliphatic hydroxyl groups is 1. The second kappa shape index (κ2) is 5.44. The molecule has 0 heterocycles. The van der Waals surface area contributed by atoms with Crippen LogP contribution in [0.3, 0.4) is 0 Å². The highest BCUT2D eigenvalue weighted by Crippen LogP contribution is 2.19. The third kappa shape index (κ3) is 9.63. The average Bonchev–Trinajstić information content (AvgIpc) is 1.95. The summed E-state index contributed by atoms with van der Waals surface area (Å²) in [7, 11) is 1.62. The van der Waals surface area contributed by atoms with E-state index in [1.165, 1.54) is 0 Å². The van der Waals surface area contributed by atoms with Crippen molar-refractivity contribution in [1.29, 1.82) is 0 Å². The van der Waals surface area contributed by atoms with Gasteiger partial charge in [0, 0.05) is 13.1 Å². The van der Waals surface area contributed by atoms with Gasteiger partial charge in [-0.15, -0.1) is 0 Å². The molecular formula is C8H16F3NO. The Morgan fingerprint density at radius 2 is 1.85 bits per heavy atom. The van der Waals surface area contributed by atoms with Gasteiger partial charge >= 0.3 is 6.18 Å². The van der Waals surface area contributed by atoms with Crippen LogP contribution in [0.4, 0.5) is 13.2 Å². The van der Waals surface area contributed by atoms with Crippen LogP contribution in [0.15, 0.2) is 0 Å². The fourth-order valence-corrected chi connectivity index (χ4v) is 0.837. The lowest BCUT2D eigenvalue weighted by atomic mass is 10.2. The Labute approximate surface area is 76.3 Å². The molecule has 0 rings (SSSR count). The van der Waals surface area contributed by atoms with Crippen LogP contribution in [0.25, 0.3) is 0 Å². The zero-order valence-electron chi connectivity index (χ0n) is 7.93. The maximum absolute atomic E-state index is 11.7.